The maximum absolute atomic E-state index is 12.4. The van der Waals surface area contributed by atoms with Crippen LogP contribution in [0.5, 0.6) is 0 Å². The zero-order valence-electron chi connectivity index (χ0n) is 12.9. The second kappa shape index (κ2) is 8.18. The molecule has 0 saturated carbocycles. The zero-order valence-corrected chi connectivity index (χ0v) is 13.7. The lowest BCUT2D eigenvalue weighted by Gasteiger charge is -2.11. The van der Waals surface area contributed by atoms with E-state index in [1.54, 1.807) is 19.2 Å². The molecule has 1 rings (SSSR count). The number of benzene rings is 1. The maximum atomic E-state index is 12.4. The SMILES string of the molecule is COCCNCCNS(=O)(=O)c1c(C)ccc(C)c1[N+](=O)[O-]. The Bertz CT molecular complexity index is 631. The summed E-state index contributed by atoms with van der Waals surface area (Å²) in [5.41, 5.74) is 0.283. The Kier molecular flexibility index (Phi) is 6.88. The molecule has 0 aliphatic carbocycles. The van der Waals surface area contributed by atoms with Crippen molar-refractivity contribution in [1.82, 2.24) is 10.0 Å². The first-order valence-electron chi connectivity index (χ1n) is 6.75. The highest BCUT2D eigenvalue weighted by atomic mass is 32.2. The first-order valence-corrected chi connectivity index (χ1v) is 8.23. The van der Waals surface area contributed by atoms with Crippen LogP contribution in [-0.2, 0) is 14.8 Å². The summed E-state index contributed by atoms with van der Waals surface area (Å²) in [6.07, 6.45) is 0. The van der Waals surface area contributed by atoms with Gasteiger partial charge < -0.3 is 10.1 Å². The highest BCUT2D eigenvalue weighted by Crippen LogP contribution is 2.30. The Balaban J connectivity index is 2.89. The molecule has 2 N–H and O–H groups in total. The Morgan fingerprint density at radius 2 is 1.82 bits per heavy atom. The molecule has 1 aromatic rings. The van der Waals surface area contributed by atoms with Crippen molar-refractivity contribution in [1.29, 1.82) is 0 Å². The lowest BCUT2D eigenvalue weighted by atomic mass is 10.1. The van der Waals surface area contributed by atoms with E-state index in [1.807, 2.05) is 0 Å². The molecule has 0 aromatic heterocycles. The van der Waals surface area contributed by atoms with Crippen LogP contribution in [0.1, 0.15) is 11.1 Å². The van der Waals surface area contributed by atoms with Gasteiger partial charge in [0, 0.05) is 32.3 Å². The minimum atomic E-state index is -3.94. The summed E-state index contributed by atoms with van der Waals surface area (Å²) in [6.45, 7) is 4.72. The lowest BCUT2D eigenvalue weighted by molar-refractivity contribution is -0.388. The molecule has 0 saturated heterocycles. The minimum absolute atomic E-state index is 0.135. The van der Waals surface area contributed by atoms with Gasteiger partial charge in [0.05, 0.1) is 11.5 Å². The number of nitro groups is 1. The van der Waals surface area contributed by atoms with Gasteiger partial charge in [0.25, 0.3) is 5.69 Å². The number of rotatable bonds is 9. The van der Waals surface area contributed by atoms with Crippen LogP contribution in [0.15, 0.2) is 17.0 Å². The maximum Gasteiger partial charge on any atom is 0.292 e. The van der Waals surface area contributed by atoms with Crippen molar-refractivity contribution in [2.24, 2.45) is 0 Å². The van der Waals surface area contributed by atoms with Crippen molar-refractivity contribution in [2.75, 3.05) is 33.4 Å². The number of hydrogen-bond acceptors (Lipinski definition) is 6. The number of hydrogen-bond donors (Lipinski definition) is 2. The average Bonchev–Trinajstić information content (AvgIpc) is 2.44. The van der Waals surface area contributed by atoms with Crippen molar-refractivity contribution < 1.29 is 18.1 Å². The lowest BCUT2D eigenvalue weighted by Crippen LogP contribution is -2.33. The Morgan fingerprint density at radius 1 is 1.18 bits per heavy atom. The van der Waals surface area contributed by atoms with Crippen LogP contribution in [0.3, 0.4) is 0 Å². The first-order chi connectivity index (χ1) is 10.3. The molecule has 0 aliphatic heterocycles. The van der Waals surface area contributed by atoms with E-state index in [-0.39, 0.29) is 17.1 Å². The number of nitro benzene ring substituents is 1. The molecule has 0 radical (unpaired) electrons. The standard InChI is InChI=1S/C13H21N3O5S/c1-10-4-5-11(2)13(12(10)16(17)18)22(19,20)15-7-6-14-8-9-21-3/h4-5,14-15H,6-9H2,1-3H3. The second-order valence-electron chi connectivity index (χ2n) is 4.77. The summed E-state index contributed by atoms with van der Waals surface area (Å²) < 4.78 is 31.9. The van der Waals surface area contributed by atoms with Gasteiger partial charge in [-0.25, -0.2) is 13.1 Å². The Labute approximate surface area is 130 Å². The van der Waals surface area contributed by atoms with Crippen molar-refractivity contribution in [3.63, 3.8) is 0 Å². The third-order valence-corrected chi connectivity index (χ3v) is 4.70. The molecule has 22 heavy (non-hydrogen) atoms. The molecule has 0 bridgehead atoms. The molecule has 0 aliphatic rings. The monoisotopic (exact) mass is 331 g/mol. The number of aryl methyl sites for hydroxylation is 2. The smallest absolute Gasteiger partial charge is 0.292 e. The minimum Gasteiger partial charge on any atom is -0.383 e. The number of nitrogens with one attached hydrogen (secondary N) is 2. The number of ether oxygens (including phenoxy) is 1. The fourth-order valence-electron chi connectivity index (χ4n) is 1.98. The first kappa shape index (κ1) is 18.5. The van der Waals surface area contributed by atoms with Gasteiger partial charge in [-0.15, -0.1) is 0 Å². The fourth-order valence-corrected chi connectivity index (χ4v) is 3.48. The van der Waals surface area contributed by atoms with Crippen molar-refractivity contribution in [3.8, 4) is 0 Å². The van der Waals surface area contributed by atoms with E-state index >= 15 is 0 Å². The van der Waals surface area contributed by atoms with Crippen molar-refractivity contribution in [3.05, 3.63) is 33.4 Å². The number of nitrogens with zero attached hydrogens (tertiary/aromatic N) is 1. The van der Waals surface area contributed by atoms with Crippen LogP contribution >= 0.6 is 0 Å². The number of sulfonamides is 1. The summed E-state index contributed by atoms with van der Waals surface area (Å²) in [5, 5.41) is 14.2. The summed E-state index contributed by atoms with van der Waals surface area (Å²) in [5.74, 6) is 0. The van der Waals surface area contributed by atoms with Crippen LogP contribution in [0.4, 0.5) is 5.69 Å². The molecular weight excluding hydrogens is 310 g/mol. The van der Waals surface area contributed by atoms with E-state index < -0.39 is 14.9 Å². The Morgan fingerprint density at radius 3 is 2.41 bits per heavy atom. The van der Waals surface area contributed by atoms with Gasteiger partial charge in [-0.3, -0.25) is 10.1 Å². The van der Waals surface area contributed by atoms with E-state index in [9.17, 15) is 18.5 Å². The van der Waals surface area contributed by atoms with Gasteiger partial charge in [0.2, 0.25) is 10.0 Å². The molecule has 0 amide bonds. The molecule has 8 nitrogen and oxygen atoms in total. The average molecular weight is 331 g/mol. The topological polar surface area (TPSA) is 111 Å². The third-order valence-electron chi connectivity index (χ3n) is 3.06. The van der Waals surface area contributed by atoms with Crippen LogP contribution in [-0.4, -0.2) is 46.7 Å². The van der Waals surface area contributed by atoms with E-state index in [2.05, 4.69) is 10.0 Å². The van der Waals surface area contributed by atoms with Gasteiger partial charge in [-0.05, 0) is 19.4 Å². The second-order valence-corrected chi connectivity index (χ2v) is 6.48. The molecule has 0 spiro atoms. The van der Waals surface area contributed by atoms with E-state index in [0.717, 1.165) is 0 Å². The van der Waals surface area contributed by atoms with Crippen LogP contribution < -0.4 is 10.0 Å². The highest BCUT2D eigenvalue weighted by Gasteiger charge is 2.29. The molecule has 1 aromatic carbocycles. The van der Waals surface area contributed by atoms with Gasteiger partial charge in [0.1, 0.15) is 0 Å². The molecule has 0 fully saturated rings. The summed E-state index contributed by atoms with van der Waals surface area (Å²) >= 11 is 0. The molecule has 0 unspecified atom stereocenters. The van der Waals surface area contributed by atoms with Gasteiger partial charge in [0.15, 0.2) is 4.90 Å². The van der Waals surface area contributed by atoms with Gasteiger partial charge in [-0.1, -0.05) is 12.1 Å². The summed E-state index contributed by atoms with van der Waals surface area (Å²) in [7, 11) is -2.37. The van der Waals surface area contributed by atoms with E-state index in [4.69, 9.17) is 4.74 Å². The van der Waals surface area contributed by atoms with E-state index in [1.165, 1.54) is 13.8 Å². The zero-order chi connectivity index (χ0) is 16.8. The van der Waals surface area contributed by atoms with Crippen molar-refractivity contribution >= 4 is 15.7 Å². The number of methoxy groups -OCH3 is 1. The quantitative estimate of drug-likeness (QED) is 0.392. The normalized spacial score (nSPS) is 11.6. The van der Waals surface area contributed by atoms with Crippen LogP contribution in [0, 0.1) is 24.0 Å². The molecule has 0 heterocycles. The highest BCUT2D eigenvalue weighted by molar-refractivity contribution is 7.89. The Hall–Kier alpha value is -1.55. The molecular formula is C13H21N3O5S. The largest absolute Gasteiger partial charge is 0.383 e. The molecule has 0 atom stereocenters. The van der Waals surface area contributed by atoms with Gasteiger partial charge in [-0.2, -0.15) is 0 Å². The summed E-state index contributed by atoms with van der Waals surface area (Å²) in [4.78, 5) is 10.2. The van der Waals surface area contributed by atoms with Crippen LogP contribution in [0.25, 0.3) is 0 Å². The summed E-state index contributed by atoms with van der Waals surface area (Å²) in [6, 6.07) is 3.10. The third kappa shape index (κ3) is 4.73. The van der Waals surface area contributed by atoms with Gasteiger partial charge >= 0.3 is 0 Å². The molecule has 124 valence electrons. The molecule has 9 heteroatoms. The van der Waals surface area contributed by atoms with Crippen molar-refractivity contribution in [2.45, 2.75) is 18.7 Å². The van der Waals surface area contributed by atoms with E-state index in [0.29, 0.717) is 30.8 Å². The fraction of sp³-hybridized carbons (Fsp3) is 0.538. The predicted molar refractivity (Wildman–Crippen MR) is 82.5 cm³/mol. The predicted octanol–water partition coefficient (Wildman–Crippen LogP) is 0.726. The van der Waals surface area contributed by atoms with Crippen LogP contribution in [0.2, 0.25) is 0 Å².